The first-order valence-corrected chi connectivity index (χ1v) is 7.48. The van der Waals surface area contributed by atoms with Crippen LogP contribution in [0, 0.1) is 0 Å². The molecule has 1 rings (SSSR count). The molecular weight excluding hydrogens is 294 g/mol. The molecule has 0 heterocycles. The van der Waals surface area contributed by atoms with E-state index in [4.69, 9.17) is 4.74 Å². The van der Waals surface area contributed by atoms with Gasteiger partial charge in [-0.05, 0) is 30.7 Å². The summed E-state index contributed by atoms with van der Waals surface area (Å²) in [5.74, 6) is 0.271. The summed E-state index contributed by atoms with van der Waals surface area (Å²) in [7, 11) is 1.33. The van der Waals surface area contributed by atoms with Gasteiger partial charge in [0.15, 0.2) is 0 Å². The highest BCUT2D eigenvalue weighted by Crippen LogP contribution is 2.13. The first kappa shape index (κ1) is 18.5. The van der Waals surface area contributed by atoms with E-state index in [-0.39, 0.29) is 18.3 Å². The first-order chi connectivity index (χ1) is 11.1. The van der Waals surface area contributed by atoms with Crippen molar-refractivity contribution in [2.45, 2.75) is 13.3 Å². The van der Waals surface area contributed by atoms with E-state index in [2.05, 4.69) is 11.3 Å². The van der Waals surface area contributed by atoms with Crippen molar-refractivity contribution in [3.8, 4) is 5.75 Å². The Kier molecular flexibility index (Phi) is 8.21. The maximum atomic E-state index is 12.2. The zero-order valence-electron chi connectivity index (χ0n) is 13.7. The van der Waals surface area contributed by atoms with E-state index < -0.39 is 0 Å². The van der Waals surface area contributed by atoms with Crippen LogP contribution in [0.25, 0.3) is 6.08 Å². The molecule has 1 aromatic carbocycles. The van der Waals surface area contributed by atoms with Crippen LogP contribution in [0.2, 0.25) is 0 Å². The highest BCUT2D eigenvalue weighted by molar-refractivity contribution is 5.92. The Hall–Kier alpha value is -2.56. The number of amides is 1. The third kappa shape index (κ3) is 6.82. The molecule has 0 aromatic heterocycles. The number of nitrogens with zero attached hydrogens (tertiary/aromatic N) is 1. The maximum Gasteiger partial charge on any atom is 0.307 e. The van der Waals surface area contributed by atoms with Crippen LogP contribution in [0.4, 0.5) is 0 Å². The Morgan fingerprint density at radius 1 is 1.26 bits per heavy atom. The molecule has 5 heteroatoms. The van der Waals surface area contributed by atoms with Crippen molar-refractivity contribution in [2.75, 3.05) is 26.8 Å². The van der Waals surface area contributed by atoms with Gasteiger partial charge in [-0.25, -0.2) is 0 Å². The lowest BCUT2D eigenvalue weighted by molar-refractivity contribution is -0.141. The van der Waals surface area contributed by atoms with E-state index in [0.29, 0.717) is 19.7 Å². The van der Waals surface area contributed by atoms with Crippen molar-refractivity contribution in [1.29, 1.82) is 0 Å². The average molecular weight is 317 g/mol. The molecule has 0 saturated heterocycles. The number of rotatable bonds is 9. The second kappa shape index (κ2) is 10.2. The van der Waals surface area contributed by atoms with Crippen molar-refractivity contribution >= 4 is 18.0 Å². The molecule has 0 bridgehead atoms. The molecule has 23 heavy (non-hydrogen) atoms. The molecule has 0 radical (unpaired) electrons. The lowest BCUT2D eigenvalue weighted by Crippen LogP contribution is -2.32. The van der Waals surface area contributed by atoms with Crippen molar-refractivity contribution in [2.24, 2.45) is 0 Å². The number of hydrogen-bond donors (Lipinski definition) is 0. The molecule has 0 unspecified atom stereocenters. The SMILES string of the molecule is C=CCN(CCC(=O)OC)C(=O)/C=C/c1ccc(OCC)cc1. The van der Waals surface area contributed by atoms with Gasteiger partial charge in [0.2, 0.25) is 5.91 Å². The van der Waals surface area contributed by atoms with Crippen LogP contribution in [0.3, 0.4) is 0 Å². The Balaban J connectivity index is 2.65. The van der Waals surface area contributed by atoms with E-state index in [1.54, 1.807) is 12.2 Å². The highest BCUT2D eigenvalue weighted by atomic mass is 16.5. The monoisotopic (exact) mass is 317 g/mol. The van der Waals surface area contributed by atoms with Gasteiger partial charge in [-0.3, -0.25) is 9.59 Å². The van der Waals surface area contributed by atoms with Crippen LogP contribution in [0.15, 0.2) is 43.0 Å². The minimum Gasteiger partial charge on any atom is -0.494 e. The normalized spacial score (nSPS) is 10.3. The number of esters is 1. The molecule has 0 atom stereocenters. The lowest BCUT2D eigenvalue weighted by atomic mass is 10.2. The summed E-state index contributed by atoms with van der Waals surface area (Å²) in [6.45, 7) is 6.84. The summed E-state index contributed by atoms with van der Waals surface area (Å²) in [4.78, 5) is 24.9. The van der Waals surface area contributed by atoms with Gasteiger partial charge in [-0.2, -0.15) is 0 Å². The fourth-order valence-electron chi connectivity index (χ4n) is 1.89. The zero-order chi connectivity index (χ0) is 17.1. The van der Waals surface area contributed by atoms with Gasteiger partial charge in [-0.15, -0.1) is 6.58 Å². The van der Waals surface area contributed by atoms with Gasteiger partial charge in [0.05, 0.1) is 20.1 Å². The van der Waals surface area contributed by atoms with Gasteiger partial charge in [0, 0.05) is 19.2 Å². The van der Waals surface area contributed by atoms with E-state index >= 15 is 0 Å². The van der Waals surface area contributed by atoms with Gasteiger partial charge < -0.3 is 14.4 Å². The molecule has 0 aliphatic carbocycles. The fourth-order valence-corrected chi connectivity index (χ4v) is 1.89. The predicted octanol–water partition coefficient (Wildman–Crippen LogP) is 2.68. The molecule has 5 nitrogen and oxygen atoms in total. The highest BCUT2D eigenvalue weighted by Gasteiger charge is 2.11. The van der Waals surface area contributed by atoms with Gasteiger partial charge in [-0.1, -0.05) is 18.2 Å². The summed E-state index contributed by atoms with van der Waals surface area (Å²) in [5.41, 5.74) is 0.897. The Bertz CT molecular complexity index is 549. The molecule has 1 amide bonds. The molecule has 0 spiro atoms. The minimum absolute atomic E-state index is 0.160. The van der Waals surface area contributed by atoms with Gasteiger partial charge in [0.25, 0.3) is 0 Å². The minimum atomic E-state index is -0.345. The van der Waals surface area contributed by atoms with E-state index in [0.717, 1.165) is 11.3 Å². The van der Waals surface area contributed by atoms with Crippen LogP contribution < -0.4 is 4.74 Å². The van der Waals surface area contributed by atoms with Gasteiger partial charge in [0.1, 0.15) is 5.75 Å². The molecule has 0 aliphatic rings. The fraction of sp³-hybridized carbons (Fsp3) is 0.333. The molecule has 124 valence electrons. The van der Waals surface area contributed by atoms with Gasteiger partial charge >= 0.3 is 5.97 Å². The van der Waals surface area contributed by atoms with Crippen molar-refractivity contribution in [1.82, 2.24) is 4.90 Å². The third-order valence-corrected chi connectivity index (χ3v) is 3.08. The number of ether oxygens (including phenoxy) is 2. The van der Waals surface area contributed by atoms with Crippen LogP contribution in [-0.2, 0) is 14.3 Å². The van der Waals surface area contributed by atoms with Crippen molar-refractivity contribution in [3.05, 3.63) is 48.6 Å². The standard InChI is InChI=1S/C18H23NO4/c1-4-13-19(14-12-18(21)22-3)17(20)11-8-15-6-9-16(10-7-15)23-5-2/h4,6-11H,1,5,12-14H2,2-3H3/b11-8+. The molecule has 0 fully saturated rings. The molecular formula is C18H23NO4. The largest absolute Gasteiger partial charge is 0.494 e. The quantitative estimate of drug-likeness (QED) is 0.399. The summed E-state index contributed by atoms with van der Waals surface area (Å²) in [6.07, 6.45) is 5.00. The van der Waals surface area contributed by atoms with Crippen LogP contribution >= 0.6 is 0 Å². The molecule has 0 saturated carbocycles. The average Bonchev–Trinajstić information content (AvgIpc) is 2.57. The van der Waals surface area contributed by atoms with Crippen molar-refractivity contribution < 1.29 is 19.1 Å². The van der Waals surface area contributed by atoms with Crippen LogP contribution in [0.5, 0.6) is 5.75 Å². The summed E-state index contributed by atoms with van der Waals surface area (Å²) >= 11 is 0. The van der Waals surface area contributed by atoms with E-state index in [9.17, 15) is 9.59 Å². The summed E-state index contributed by atoms with van der Waals surface area (Å²) in [6, 6.07) is 7.46. The number of carbonyl (C=O) groups excluding carboxylic acids is 2. The predicted molar refractivity (Wildman–Crippen MR) is 90.1 cm³/mol. The number of methoxy groups -OCH3 is 1. The van der Waals surface area contributed by atoms with Crippen LogP contribution in [-0.4, -0.2) is 43.6 Å². The molecule has 0 N–H and O–H groups in total. The lowest BCUT2D eigenvalue weighted by Gasteiger charge is -2.18. The topological polar surface area (TPSA) is 55.8 Å². The molecule has 0 aliphatic heterocycles. The molecule has 1 aromatic rings. The maximum absolute atomic E-state index is 12.2. The second-order valence-electron chi connectivity index (χ2n) is 4.73. The summed E-state index contributed by atoms with van der Waals surface area (Å²) in [5, 5.41) is 0. The van der Waals surface area contributed by atoms with E-state index in [1.165, 1.54) is 18.1 Å². The Morgan fingerprint density at radius 3 is 2.52 bits per heavy atom. The second-order valence-corrected chi connectivity index (χ2v) is 4.73. The van der Waals surface area contributed by atoms with Crippen molar-refractivity contribution in [3.63, 3.8) is 0 Å². The van der Waals surface area contributed by atoms with E-state index in [1.807, 2.05) is 31.2 Å². The number of hydrogen-bond acceptors (Lipinski definition) is 4. The smallest absolute Gasteiger partial charge is 0.307 e. The summed E-state index contributed by atoms with van der Waals surface area (Å²) < 4.78 is 9.95. The number of carbonyl (C=O) groups is 2. The zero-order valence-corrected chi connectivity index (χ0v) is 13.7. The third-order valence-electron chi connectivity index (χ3n) is 3.08. The Labute approximate surface area is 137 Å². The Morgan fingerprint density at radius 2 is 1.96 bits per heavy atom. The number of benzene rings is 1. The first-order valence-electron chi connectivity index (χ1n) is 7.48. The van der Waals surface area contributed by atoms with Crippen LogP contribution in [0.1, 0.15) is 18.9 Å².